The van der Waals surface area contributed by atoms with Crippen LogP contribution in [-0.4, -0.2) is 4.21 Å². The minimum absolute atomic E-state index is 0.185. The highest BCUT2D eigenvalue weighted by atomic mass is 79.9. The van der Waals surface area contributed by atoms with Gasteiger partial charge in [-0.2, -0.15) is 0 Å². The number of halogens is 3. The smallest absolute Gasteiger partial charge is 0.137 e. The van der Waals surface area contributed by atoms with Crippen molar-refractivity contribution in [2.75, 3.05) is 5.73 Å². The third kappa shape index (κ3) is 3.35. The van der Waals surface area contributed by atoms with Crippen molar-refractivity contribution in [3.63, 3.8) is 0 Å². The lowest BCUT2D eigenvalue weighted by molar-refractivity contribution is 0.619. The van der Waals surface area contributed by atoms with E-state index < -0.39 is 10.8 Å². The number of hydrogen-bond donors (Lipinski definition) is 1. The zero-order chi connectivity index (χ0) is 14.0. The first kappa shape index (κ1) is 14.5. The van der Waals surface area contributed by atoms with Crippen LogP contribution in [0.4, 0.5) is 10.1 Å². The van der Waals surface area contributed by atoms with Gasteiger partial charge in [0.2, 0.25) is 0 Å². The molecule has 0 fully saturated rings. The lowest BCUT2D eigenvalue weighted by Gasteiger charge is -2.08. The van der Waals surface area contributed by atoms with Crippen molar-refractivity contribution in [3.05, 3.63) is 57.3 Å². The number of benzene rings is 2. The number of rotatable bonds is 3. The molecule has 0 spiro atoms. The van der Waals surface area contributed by atoms with Gasteiger partial charge in [0.05, 0.1) is 25.9 Å². The molecule has 0 heterocycles. The monoisotopic (exact) mass is 361 g/mol. The van der Waals surface area contributed by atoms with Crippen molar-refractivity contribution in [1.29, 1.82) is 0 Å². The summed E-state index contributed by atoms with van der Waals surface area (Å²) in [4.78, 5) is 0.501. The summed E-state index contributed by atoms with van der Waals surface area (Å²) in [5, 5.41) is 0.491. The summed E-state index contributed by atoms with van der Waals surface area (Å²) in [5.41, 5.74) is 6.79. The highest BCUT2D eigenvalue weighted by Crippen LogP contribution is 2.26. The quantitative estimate of drug-likeness (QED) is 0.834. The van der Waals surface area contributed by atoms with Crippen LogP contribution in [0.3, 0.4) is 0 Å². The molecule has 100 valence electrons. The normalized spacial score (nSPS) is 12.4. The Morgan fingerprint density at radius 1 is 1.32 bits per heavy atom. The molecular formula is C13H10BrClFNOS. The molecule has 2 aromatic rings. The fraction of sp³-hybridized carbons (Fsp3) is 0.0769. The van der Waals surface area contributed by atoms with E-state index in [4.69, 9.17) is 17.3 Å². The Morgan fingerprint density at radius 3 is 2.74 bits per heavy atom. The van der Waals surface area contributed by atoms with Gasteiger partial charge in [-0.25, -0.2) is 4.39 Å². The predicted octanol–water partition coefficient (Wildman–Crippen LogP) is 4.13. The number of hydrogen-bond acceptors (Lipinski definition) is 2. The van der Waals surface area contributed by atoms with Gasteiger partial charge in [0.1, 0.15) is 5.82 Å². The molecule has 2 rings (SSSR count). The van der Waals surface area contributed by atoms with Crippen molar-refractivity contribution >= 4 is 44.0 Å². The topological polar surface area (TPSA) is 43.1 Å². The first-order valence-electron chi connectivity index (χ1n) is 5.35. The molecule has 0 aliphatic rings. The van der Waals surface area contributed by atoms with E-state index >= 15 is 0 Å². The zero-order valence-electron chi connectivity index (χ0n) is 9.70. The van der Waals surface area contributed by atoms with E-state index in [0.717, 1.165) is 0 Å². The van der Waals surface area contributed by atoms with Gasteiger partial charge in [0.15, 0.2) is 0 Å². The Kier molecular flexibility index (Phi) is 4.60. The molecule has 1 unspecified atom stereocenters. The molecule has 0 saturated carbocycles. The molecule has 0 aromatic heterocycles. The van der Waals surface area contributed by atoms with Gasteiger partial charge < -0.3 is 5.73 Å². The summed E-state index contributed by atoms with van der Waals surface area (Å²) in [6.07, 6.45) is 0. The molecule has 0 amide bonds. The summed E-state index contributed by atoms with van der Waals surface area (Å²) in [6.45, 7) is 0. The SMILES string of the molecule is Nc1cc(Cl)ccc1S(=O)Cc1cccc(F)c1Br. The van der Waals surface area contributed by atoms with E-state index in [1.165, 1.54) is 6.07 Å². The molecular weight excluding hydrogens is 353 g/mol. The Morgan fingerprint density at radius 2 is 2.05 bits per heavy atom. The largest absolute Gasteiger partial charge is 0.398 e. The summed E-state index contributed by atoms with van der Waals surface area (Å²) < 4.78 is 26.0. The molecule has 0 saturated heterocycles. The summed E-state index contributed by atoms with van der Waals surface area (Å²) in [7, 11) is -1.35. The second-order valence-electron chi connectivity index (χ2n) is 3.88. The first-order chi connectivity index (χ1) is 8.99. The van der Waals surface area contributed by atoms with Crippen molar-refractivity contribution in [1.82, 2.24) is 0 Å². The van der Waals surface area contributed by atoms with Gasteiger partial charge in [-0.15, -0.1) is 0 Å². The Hall–Kier alpha value is -0.910. The number of anilines is 1. The minimum atomic E-state index is -1.35. The molecule has 2 nitrogen and oxygen atoms in total. The fourth-order valence-corrected chi connectivity index (χ4v) is 3.60. The van der Waals surface area contributed by atoms with E-state index in [2.05, 4.69) is 15.9 Å². The van der Waals surface area contributed by atoms with Crippen LogP contribution in [0, 0.1) is 5.82 Å². The van der Waals surface area contributed by atoms with E-state index in [1.807, 2.05) is 0 Å². The highest BCUT2D eigenvalue weighted by molar-refractivity contribution is 9.10. The van der Waals surface area contributed by atoms with Gasteiger partial charge >= 0.3 is 0 Å². The van der Waals surface area contributed by atoms with Gasteiger partial charge in [-0.05, 0) is 45.8 Å². The van der Waals surface area contributed by atoms with Crippen molar-refractivity contribution in [3.8, 4) is 0 Å². The van der Waals surface area contributed by atoms with Crippen molar-refractivity contribution < 1.29 is 8.60 Å². The molecule has 0 bridgehead atoms. The average Bonchev–Trinajstić information content (AvgIpc) is 2.34. The number of nitrogens with two attached hydrogens (primary N) is 1. The predicted molar refractivity (Wildman–Crippen MR) is 80.1 cm³/mol. The van der Waals surface area contributed by atoms with E-state index in [1.54, 1.807) is 30.3 Å². The fourth-order valence-electron chi connectivity index (χ4n) is 1.61. The molecule has 0 aliphatic carbocycles. The highest BCUT2D eigenvalue weighted by Gasteiger charge is 2.12. The first-order valence-corrected chi connectivity index (χ1v) is 7.84. The Bertz CT molecular complexity index is 651. The molecule has 2 aromatic carbocycles. The maximum Gasteiger partial charge on any atom is 0.137 e. The van der Waals surface area contributed by atoms with Crippen LogP contribution in [0.5, 0.6) is 0 Å². The molecule has 2 N–H and O–H groups in total. The standard InChI is InChI=1S/C13H10BrClFNOS/c14-13-8(2-1-3-10(13)16)7-19(18)12-5-4-9(15)6-11(12)17/h1-6H,7,17H2. The van der Waals surface area contributed by atoms with E-state index in [-0.39, 0.29) is 11.6 Å². The zero-order valence-corrected chi connectivity index (χ0v) is 12.9. The van der Waals surface area contributed by atoms with Gasteiger partial charge in [-0.3, -0.25) is 4.21 Å². The Balaban J connectivity index is 2.28. The second-order valence-corrected chi connectivity index (χ2v) is 6.53. The van der Waals surface area contributed by atoms with Crippen molar-refractivity contribution in [2.24, 2.45) is 0 Å². The molecule has 1 atom stereocenters. The number of nitrogen functional groups attached to an aromatic ring is 1. The molecule has 19 heavy (non-hydrogen) atoms. The maximum atomic E-state index is 13.4. The van der Waals surface area contributed by atoms with Crippen LogP contribution in [0.2, 0.25) is 5.02 Å². The van der Waals surface area contributed by atoms with Crippen LogP contribution < -0.4 is 5.73 Å². The van der Waals surface area contributed by atoms with Crippen molar-refractivity contribution in [2.45, 2.75) is 10.6 Å². The third-order valence-corrected chi connectivity index (χ3v) is 5.09. The van der Waals surface area contributed by atoms with Gasteiger partial charge in [-0.1, -0.05) is 23.7 Å². The third-order valence-electron chi connectivity index (χ3n) is 2.54. The lowest BCUT2D eigenvalue weighted by Crippen LogP contribution is -2.02. The van der Waals surface area contributed by atoms with Crippen LogP contribution in [0.15, 0.2) is 45.8 Å². The average molecular weight is 363 g/mol. The summed E-state index contributed by atoms with van der Waals surface area (Å²) in [5.74, 6) is -0.192. The molecule has 0 aliphatic heterocycles. The van der Waals surface area contributed by atoms with Crippen LogP contribution >= 0.6 is 27.5 Å². The minimum Gasteiger partial charge on any atom is -0.398 e. The van der Waals surface area contributed by atoms with E-state index in [0.29, 0.717) is 25.6 Å². The van der Waals surface area contributed by atoms with E-state index in [9.17, 15) is 8.60 Å². The van der Waals surface area contributed by atoms with Gasteiger partial charge in [0, 0.05) is 10.7 Å². The van der Waals surface area contributed by atoms with Crippen LogP contribution in [0.1, 0.15) is 5.56 Å². The van der Waals surface area contributed by atoms with Crippen LogP contribution in [0.25, 0.3) is 0 Å². The molecule has 6 heteroatoms. The summed E-state index contributed by atoms with van der Waals surface area (Å²) in [6, 6.07) is 9.45. The lowest BCUT2D eigenvalue weighted by atomic mass is 10.2. The van der Waals surface area contributed by atoms with Gasteiger partial charge in [0.25, 0.3) is 0 Å². The van der Waals surface area contributed by atoms with Crippen LogP contribution in [-0.2, 0) is 16.6 Å². The Labute approximate surface area is 126 Å². The summed E-state index contributed by atoms with van der Waals surface area (Å²) >= 11 is 8.94. The maximum absolute atomic E-state index is 13.4. The molecule has 0 radical (unpaired) electrons. The second kappa shape index (κ2) is 6.03.